The molecule has 3 rings (SSSR count). The fourth-order valence-corrected chi connectivity index (χ4v) is 2.77. The minimum absolute atomic E-state index is 0.0806. The van der Waals surface area contributed by atoms with E-state index in [1.165, 1.54) is 0 Å². The highest BCUT2D eigenvalue weighted by Crippen LogP contribution is 2.14. The second-order valence-electron chi connectivity index (χ2n) is 5.95. The van der Waals surface area contributed by atoms with E-state index in [0.29, 0.717) is 18.2 Å². The van der Waals surface area contributed by atoms with Crippen molar-refractivity contribution >= 4 is 6.03 Å². The molecule has 2 heterocycles. The van der Waals surface area contributed by atoms with Crippen molar-refractivity contribution in [3.63, 3.8) is 0 Å². The molecular weight excluding hydrogens is 292 g/mol. The van der Waals surface area contributed by atoms with E-state index in [0.717, 1.165) is 25.1 Å². The number of nitrogens with zero attached hydrogens (tertiary/aromatic N) is 4. The zero-order chi connectivity index (χ0) is 16.2. The van der Waals surface area contributed by atoms with Crippen molar-refractivity contribution in [1.82, 2.24) is 30.3 Å². The van der Waals surface area contributed by atoms with E-state index in [4.69, 9.17) is 0 Å². The van der Waals surface area contributed by atoms with E-state index in [9.17, 15) is 4.79 Å². The zero-order valence-corrected chi connectivity index (χ0v) is 13.5. The van der Waals surface area contributed by atoms with Gasteiger partial charge >= 0.3 is 6.03 Å². The van der Waals surface area contributed by atoms with Crippen LogP contribution in [0.1, 0.15) is 12.2 Å². The quantitative estimate of drug-likeness (QED) is 0.892. The number of carbonyl (C=O) groups excluding carboxylic acids is 1. The summed E-state index contributed by atoms with van der Waals surface area (Å²) in [6.07, 6.45) is 1.01. The SMILES string of the molecule is CN1CC[C@H](N(C)C(=O)NCc2nc(-c3ccccc3)n[nH]2)C1. The molecule has 0 aliphatic carbocycles. The summed E-state index contributed by atoms with van der Waals surface area (Å²) in [6, 6.07) is 9.94. The molecule has 1 aliphatic rings. The summed E-state index contributed by atoms with van der Waals surface area (Å²) in [5.74, 6) is 1.29. The zero-order valence-electron chi connectivity index (χ0n) is 13.5. The maximum absolute atomic E-state index is 12.2. The van der Waals surface area contributed by atoms with E-state index in [-0.39, 0.29) is 12.1 Å². The van der Waals surface area contributed by atoms with Crippen molar-refractivity contribution in [3.8, 4) is 11.4 Å². The van der Waals surface area contributed by atoms with Gasteiger partial charge in [0.25, 0.3) is 0 Å². The lowest BCUT2D eigenvalue weighted by atomic mass is 10.2. The first-order valence-electron chi connectivity index (χ1n) is 7.79. The van der Waals surface area contributed by atoms with Gasteiger partial charge in [0.1, 0.15) is 5.82 Å². The van der Waals surface area contributed by atoms with Crippen molar-refractivity contribution in [2.45, 2.75) is 19.0 Å². The molecule has 1 aromatic heterocycles. The summed E-state index contributed by atoms with van der Waals surface area (Å²) in [4.78, 5) is 20.6. The van der Waals surface area contributed by atoms with Gasteiger partial charge in [-0.1, -0.05) is 30.3 Å². The Morgan fingerprint density at radius 3 is 2.91 bits per heavy atom. The average molecular weight is 314 g/mol. The second kappa shape index (κ2) is 6.78. The largest absolute Gasteiger partial charge is 0.331 e. The molecule has 0 bridgehead atoms. The molecular formula is C16H22N6O. The summed E-state index contributed by atoms with van der Waals surface area (Å²) >= 11 is 0. The first-order chi connectivity index (χ1) is 11.1. The van der Waals surface area contributed by atoms with E-state index >= 15 is 0 Å². The number of carbonyl (C=O) groups is 1. The van der Waals surface area contributed by atoms with E-state index in [2.05, 4.69) is 32.4 Å². The molecule has 2 aromatic rings. The van der Waals surface area contributed by atoms with Crippen LogP contribution < -0.4 is 5.32 Å². The van der Waals surface area contributed by atoms with Gasteiger partial charge in [0.15, 0.2) is 5.82 Å². The predicted octanol–water partition coefficient (Wildman–Crippen LogP) is 1.32. The van der Waals surface area contributed by atoms with E-state index in [1.54, 1.807) is 4.90 Å². The standard InChI is InChI=1S/C16H22N6O/c1-21-9-8-13(11-21)22(2)16(23)17-10-14-18-15(20-19-14)12-6-4-3-5-7-12/h3-7,13H,8-11H2,1-2H3,(H,17,23)(H,18,19,20)/t13-/m0/s1. The van der Waals surface area contributed by atoms with Crippen molar-refractivity contribution < 1.29 is 4.79 Å². The Morgan fingerprint density at radius 1 is 1.43 bits per heavy atom. The van der Waals surface area contributed by atoms with Crippen LogP contribution in [0.25, 0.3) is 11.4 Å². The average Bonchev–Trinajstić information content (AvgIpc) is 3.22. The fraction of sp³-hybridized carbons (Fsp3) is 0.438. The summed E-state index contributed by atoms with van der Waals surface area (Å²) in [7, 11) is 3.92. The lowest BCUT2D eigenvalue weighted by Crippen LogP contribution is -2.44. The van der Waals surface area contributed by atoms with Crippen molar-refractivity contribution in [2.24, 2.45) is 0 Å². The Balaban J connectivity index is 1.54. The van der Waals surface area contributed by atoms with Crippen molar-refractivity contribution in [3.05, 3.63) is 36.2 Å². The molecule has 2 N–H and O–H groups in total. The molecule has 2 amide bonds. The van der Waals surface area contributed by atoms with E-state index in [1.807, 2.05) is 37.4 Å². The fourth-order valence-electron chi connectivity index (χ4n) is 2.77. The molecule has 1 aromatic carbocycles. The molecule has 0 radical (unpaired) electrons. The van der Waals surface area contributed by atoms with Gasteiger partial charge in [-0.2, -0.15) is 5.10 Å². The van der Waals surface area contributed by atoms with Crippen molar-refractivity contribution in [1.29, 1.82) is 0 Å². The van der Waals surface area contributed by atoms with Gasteiger partial charge < -0.3 is 15.1 Å². The first-order valence-corrected chi connectivity index (χ1v) is 7.79. The first kappa shape index (κ1) is 15.5. The smallest absolute Gasteiger partial charge is 0.317 e. The summed E-state index contributed by atoms with van der Waals surface area (Å²) < 4.78 is 0. The number of hydrogen-bond acceptors (Lipinski definition) is 4. The molecule has 7 nitrogen and oxygen atoms in total. The number of hydrogen-bond donors (Lipinski definition) is 2. The third-order valence-electron chi connectivity index (χ3n) is 4.21. The van der Waals surface area contributed by atoms with Gasteiger partial charge in [0, 0.05) is 25.2 Å². The normalized spacial score (nSPS) is 18.1. The number of amides is 2. The molecule has 0 saturated carbocycles. The number of H-pyrrole nitrogens is 1. The highest BCUT2D eigenvalue weighted by atomic mass is 16.2. The third-order valence-corrected chi connectivity index (χ3v) is 4.21. The van der Waals surface area contributed by atoms with Crippen LogP contribution in [0.2, 0.25) is 0 Å². The lowest BCUT2D eigenvalue weighted by Gasteiger charge is -2.24. The minimum Gasteiger partial charge on any atom is -0.331 e. The maximum atomic E-state index is 12.2. The highest BCUT2D eigenvalue weighted by Gasteiger charge is 2.26. The van der Waals surface area contributed by atoms with Gasteiger partial charge in [-0.3, -0.25) is 5.10 Å². The molecule has 1 fully saturated rings. The summed E-state index contributed by atoms with van der Waals surface area (Å²) in [5, 5.41) is 9.95. The number of aromatic amines is 1. The topological polar surface area (TPSA) is 77.2 Å². The highest BCUT2D eigenvalue weighted by molar-refractivity contribution is 5.74. The van der Waals surface area contributed by atoms with Crippen LogP contribution in [0.3, 0.4) is 0 Å². The number of likely N-dealkylation sites (N-methyl/N-ethyl adjacent to an activating group) is 2. The molecule has 0 unspecified atom stereocenters. The van der Waals surface area contributed by atoms with Crippen LogP contribution in [0.15, 0.2) is 30.3 Å². The Labute approximate surface area is 135 Å². The molecule has 1 atom stereocenters. The lowest BCUT2D eigenvalue weighted by molar-refractivity contribution is 0.190. The van der Waals surface area contributed by atoms with Gasteiger partial charge in [-0.05, 0) is 20.0 Å². The monoisotopic (exact) mass is 314 g/mol. The molecule has 7 heteroatoms. The molecule has 1 saturated heterocycles. The number of benzene rings is 1. The van der Waals surface area contributed by atoms with Crippen LogP contribution in [0, 0.1) is 0 Å². The number of likely N-dealkylation sites (tertiary alicyclic amines) is 1. The van der Waals surface area contributed by atoms with Gasteiger partial charge in [0.05, 0.1) is 6.54 Å². The summed E-state index contributed by atoms with van der Waals surface area (Å²) in [5.41, 5.74) is 0.951. The van der Waals surface area contributed by atoms with Gasteiger partial charge in [0.2, 0.25) is 0 Å². The maximum Gasteiger partial charge on any atom is 0.317 e. The van der Waals surface area contributed by atoms with E-state index < -0.39 is 0 Å². The molecule has 23 heavy (non-hydrogen) atoms. The number of aromatic nitrogens is 3. The van der Waals surface area contributed by atoms with Gasteiger partial charge in [-0.15, -0.1) is 0 Å². The third kappa shape index (κ3) is 3.68. The minimum atomic E-state index is -0.0806. The number of nitrogens with one attached hydrogen (secondary N) is 2. The Kier molecular flexibility index (Phi) is 4.57. The molecule has 1 aliphatic heterocycles. The number of rotatable bonds is 4. The van der Waals surface area contributed by atoms with Crippen LogP contribution in [0.4, 0.5) is 4.79 Å². The van der Waals surface area contributed by atoms with Crippen LogP contribution in [-0.4, -0.2) is 64.2 Å². The number of urea groups is 1. The van der Waals surface area contributed by atoms with Gasteiger partial charge in [-0.25, -0.2) is 9.78 Å². The van der Waals surface area contributed by atoms with Crippen molar-refractivity contribution in [2.75, 3.05) is 27.2 Å². The van der Waals surface area contributed by atoms with Crippen LogP contribution in [-0.2, 0) is 6.54 Å². The second-order valence-corrected chi connectivity index (χ2v) is 5.95. The molecule has 122 valence electrons. The van der Waals surface area contributed by atoms with Crippen LogP contribution >= 0.6 is 0 Å². The molecule has 0 spiro atoms. The summed E-state index contributed by atoms with van der Waals surface area (Å²) in [6.45, 7) is 2.29. The Morgan fingerprint density at radius 2 is 2.22 bits per heavy atom. The Hall–Kier alpha value is -2.41. The Bertz CT molecular complexity index is 656. The van der Waals surface area contributed by atoms with Crippen LogP contribution in [0.5, 0.6) is 0 Å². The predicted molar refractivity (Wildman–Crippen MR) is 87.7 cm³/mol.